The third kappa shape index (κ3) is 6.14. The Hall–Kier alpha value is -2.24. The second-order valence-electron chi connectivity index (χ2n) is 8.98. The molecule has 166 valence electrons. The van der Waals surface area contributed by atoms with Gasteiger partial charge in [-0.1, -0.05) is 19.1 Å². The van der Waals surface area contributed by atoms with Gasteiger partial charge in [-0.3, -0.25) is 9.78 Å². The molecule has 5 heteroatoms. The van der Waals surface area contributed by atoms with Gasteiger partial charge in [-0.15, -0.1) is 0 Å². The zero-order chi connectivity index (χ0) is 21.5. The zero-order valence-electron chi connectivity index (χ0n) is 18.6. The molecule has 0 aliphatic carbocycles. The smallest absolute Gasteiger partial charge is 0.143 e. The van der Waals surface area contributed by atoms with Crippen LogP contribution < -0.4 is 10.6 Å². The van der Waals surface area contributed by atoms with Crippen LogP contribution in [-0.2, 0) is 16.0 Å². The minimum atomic E-state index is 0.117. The fourth-order valence-corrected chi connectivity index (χ4v) is 4.64. The van der Waals surface area contributed by atoms with E-state index in [-0.39, 0.29) is 5.92 Å². The lowest BCUT2D eigenvalue weighted by Crippen LogP contribution is -2.41. The minimum absolute atomic E-state index is 0.117. The number of hydrogen-bond acceptors (Lipinski definition) is 5. The summed E-state index contributed by atoms with van der Waals surface area (Å²) in [5.74, 6) is 1.10. The zero-order valence-corrected chi connectivity index (χ0v) is 18.6. The Kier molecular flexibility index (Phi) is 7.71. The van der Waals surface area contributed by atoms with Gasteiger partial charge in [-0.05, 0) is 73.4 Å². The number of hydrogen-bond donors (Lipinski definition) is 2. The minimum Gasteiger partial charge on any atom is -0.385 e. The maximum Gasteiger partial charge on any atom is 0.143 e. The molecular weight excluding hydrogens is 386 g/mol. The van der Waals surface area contributed by atoms with Crippen LogP contribution in [0.15, 0.2) is 42.6 Å². The molecule has 31 heavy (non-hydrogen) atoms. The summed E-state index contributed by atoms with van der Waals surface area (Å²) in [6.45, 7) is 5.74. The Bertz CT molecular complexity index is 855. The standard InChI is InChI=1S/C26H35N3O2/c1-2-23-7-6-22(18-29-23)26(30)16-25-15-21(8-11-27-25)20-4-3-5-24(14-20)28-17-19-9-12-31-13-10-19/h3-5,8,11,14-15,19,22-23,28-29H,2,6-7,9-10,12-13,16-18H2,1H3/t22-,23-/m1/s1. The number of carbonyl (C=O) groups excluding carboxylic acids is 1. The molecule has 2 aliphatic heterocycles. The van der Waals surface area contributed by atoms with Crippen LogP contribution in [0.4, 0.5) is 5.69 Å². The van der Waals surface area contributed by atoms with Gasteiger partial charge in [0.25, 0.3) is 0 Å². The summed E-state index contributed by atoms with van der Waals surface area (Å²) in [5, 5.41) is 7.10. The fourth-order valence-electron chi connectivity index (χ4n) is 4.64. The topological polar surface area (TPSA) is 63.2 Å². The number of aromatic nitrogens is 1. The summed E-state index contributed by atoms with van der Waals surface area (Å²) in [6, 6.07) is 13.2. The molecule has 1 aromatic carbocycles. The van der Waals surface area contributed by atoms with Crippen LogP contribution in [0.3, 0.4) is 0 Å². The SMILES string of the molecule is CC[C@@H]1CC[C@@H](C(=O)Cc2cc(-c3cccc(NCC4CCOCC4)c3)ccn2)CN1. The average molecular weight is 422 g/mol. The quantitative estimate of drug-likeness (QED) is 0.658. The predicted molar refractivity (Wildman–Crippen MR) is 125 cm³/mol. The molecule has 0 amide bonds. The molecule has 2 saturated heterocycles. The summed E-state index contributed by atoms with van der Waals surface area (Å²) in [5.41, 5.74) is 4.26. The average Bonchev–Trinajstić information content (AvgIpc) is 2.84. The molecule has 2 atom stereocenters. The van der Waals surface area contributed by atoms with E-state index < -0.39 is 0 Å². The highest BCUT2D eigenvalue weighted by molar-refractivity contribution is 5.83. The van der Waals surface area contributed by atoms with Crippen molar-refractivity contribution in [2.45, 2.75) is 51.5 Å². The molecule has 2 N–H and O–H groups in total. The van der Waals surface area contributed by atoms with Gasteiger partial charge in [0.1, 0.15) is 5.78 Å². The lowest BCUT2D eigenvalue weighted by molar-refractivity contribution is -0.122. The first-order valence-corrected chi connectivity index (χ1v) is 11.8. The Morgan fingerprint density at radius 2 is 1.97 bits per heavy atom. The molecule has 0 bridgehead atoms. The van der Waals surface area contributed by atoms with Crippen molar-refractivity contribution in [3.63, 3.8) is 0 Å². The number of rotatable bonds is 8. The highest BCUT2D eigenvalue weighted by Crippen LogP contribution is 2.25. The third-order valence-electron chi connectivity index (χ3n) is 6.77. The highest BCUT2D eigenvalue weighted by atomic mass is 16.5. The summed E-state index contributed by atoms with van der Waals surface area (Å²) in [4.78, 5) is 17.3. The van der Waals surface area contributed by atoms with Crippen LogP contribution >= 0.6 is 0 Å². The largest absolute Gasteiger partial charge is 0.385 e. The van der Waals surface area contributed by atoms with E-state index in [1.54, 1.807) is 0 Å². The molecule has 4 rings (SSSR count). The summed E-state index contributed by atoms with van der Waals surface area (Å²) < 4.78 is 5.45. The van der Waals surface area contributed by atoms with Crippen molar-refractivity contribution >= 4 is 11.5 Å². The van der Waals surface area contributed by atoms with E-state index in [0.717, 1.165) is 80.9 Å². The Labute approximate surface area is 186 Å². The number of carbonyl (C=O) groups is 1. The number of nitrogens with zero attached hydrogens (tertiary/aromatic N) is 1. The summed E-state index contributed by atoms with van der Waals surface area (Å²) in [6.07, 6.45) is 7.71. The van der Waals surface area contributed by atoms with Crippen LogP contribution in [0, 0.1) is 11.8 Å². The predicted octanol–water partition coefficient (Wildman–Crippen LogP) is 4.48. The van der Waals surface area contributed by atoms with Gasteiger partial charge in [0.15, 0.2) is 0 Å². The van der Waals surface area contributed by atoms with Crippen LogP contribution in [0.25, 0.3) is 11.1 Å². The molecule has 0 radical (unpaired) electrons. The molecule has 1 aromatic heterocycles. The van der Waals surface area contributed by atoms with Crippen molar-refractivity contribution in [2.75, 3.05) is 31.6 Å². The van der Waals surface area contributed by atoms with E-state index in [1.807, 2.05) is 12.3 Å². The number of piperidine rings is 1. The fraction of sp³-hybridized carbons (Fsp3) is 0.538. The van der Waals surface area contributed by atoms with Gasteiger partial charge in [0.2, 0.25) is 0 Å². The van der Waals surface area contributed by atoms with Gasteiger partial charge in [0.05, 0.1) is 0 Å². The Morgan fingerprint density at radius 1 is 1.13 bits per heavy atom. The van der Waals surface area contributed by atoms with Gasteiger partial charge in [0, 0.05) is 62.3 Å². The van der Waals surface area contributed by atoms with E-state index in [9.17, 15) is 4.79 Å². The van der Waals surface area contributed by atoms with Crippen molar-refractivity contribution in [2.24, 2.45) is 11.8 Å². The van der Waals surface area contributed by atoms with Gasteiger partial charge < -0.3 is 15.4 Å². The van der Waals surface area contributed by atoms with Crippen molar-refractivity contribution in [3.05, 3.63) is 48.3 Å². The van der Waals surface area contributed by atoms with Crippen molar-refractivity contribution < 1.29 is 9.53 Å². The van der Waals surface area contributed by atoms with E-state index >= 15 is 0 Å². The van der Waals surface area contributed by atoms with E-state index in [0.29, 0.717) is 24.2 Å². The Balaban J connectivity index is 1.37. The van der Waals surface area contributed by atoms with Crippen LogP contribution in [0.1, 0.15) is 44.7 Å². The van der Waals surface area contributed by atoms with Crippen LogP contribution in [0.5, 0.6) is 0 Å². The number of anilines is 1. The molecule has 0 unspecified atom stereocenters. The number of ether oxygens (including phenoxy) is 1. The first kappa shape index (κ1) is 22.0. The molecule has 0 saturated carbocycles. The number of ketones is 1. The number of pyridine rings is 1. The van der Waals surface area contributed by atoms with Crippen molar-refractivity contribution in [1.82, 2.24) is 10.3 Å². The van der Waals surface area contributed by atoms with Gasteiger partial charge in [-0.25, -0.2) is 0 Å². The molecule has 2 aromatic rings. The van der Waals surface area contributed by atoms with Gasteiger partial charge in [-0.2, -0.15) is 0 Å². The second-order valence-corrected chi connectivity index (χ2v) is 8.98. The molecule has 2 aliphatic rings. The van der Waals surface area contributed by atoms with E-state index in [4.69, 9.17) is 4.74 Å². The monoisotopic (exact) mass is 421 g/mol. The summed E-state index contributed by atoms with van der Waals surface area (Å²) >= 11 is 0. The molecular formula is C26H35N3O2. The third-order valence-corrected chi connectivity index (χ3v) is 6.77. The van der Waals surface area contributed by atoms with E-state index in [1.165, 1.54) is 0 Å². The second kappa shape index (κ2) is 10.9. The first-order valence-electron chi connectivity index (χ1n) is 11.8. The molecule has 0 spiro atoms. The van der Waals surface area contributed by atoms with Crippen LogP contribution in [-0.4, -0.2) is 43.1 Å². The first-order chi connectivity index (χ1) is 15.2. The van der Waals surface area contributed by atoms with Crippen LogP contribution in [0.2, 0.25) is 0 Å². The highest BCUT2D eigenvalue weighted by Gasteiger charge is 2.25. The maximum absolute atomic E-state index is 12.8. The normalized spacial score (nSPS) is 22.2. The summed E-state index contributed by atoms with van der Waals surface area (Å²) in [7, 11) is 0. The number of nitrogens with one attached hydrogen (secondary N) is 2. The number of benzene rings is 1. The molecule has 5 nitrogen and oxygen atoms in total. The lowest BCUT2D eigenvalue weighted by atomic mass is 9.88. The van der Waals surface area contributed by atoms with Crippen molar-refractivity contribution in [1.29, 1.82) is 0 Å². The number of Topliss-reactive ketones (excluding diaryl/α,β-unsaturated/α-hetero) is 1. The molecule has 3 heterocycles. The van der Waals surface area contributed by atoms with Crippen molar-refractivity contribution in [3.8, 4) is 11.1 Å². The Morgan fingerprint density at radius 3 is 2.74 bits per heavy atom. The lowest BCUT2D eigenvalue weighted by Gasteiger charge is -2.28. The van der Waals surface area contributed by atoms with E-state index in [2.05, 4.69) is 52.9 Å². The van der Waals surface area contributed by atoms with Gasteiger partial charge >= 0.3 is 0 Å². The maximum atomic E-state index is 12.8. The molecule has 2 fully saturated rings.